The molecule has 3 heterocycles. The number of fused-ring (bicyclic) bond motifs is 3. The number of hydrogen-bond donors (Lipinski definition) is 1. The molecule has 0 aliphatic carbocycles. The van der Waals surface area contributed by atoms with Crippen LogP contribution < -0.4 is 17.0 Å². The molecule has 0 aromatic rings. The summed E-state index contributed by atoms with van der Waals surface area (Å²) in [5.74, 6) is 0.637. The van der Waals surface area contributed by atoms with Gasteiger partial charge in [-0.25, -0.2) is 0 Å². The number of aliphatic hydroxyl groups excluding tert-OH is 1. The summed E-state index contributed by atoms with van der Waals surface area (Å²) in [6, 6.07) is 0. The lowest BCUT2D eigenvalue weighted by Crippen LogP contribution is -3.00. The molecular formula is C19H38BrNO. The lowest BCUT2D eigenvalue weighted by atomic mass is 9.83. The van der Waals surface area contributed by atoms with Gasteiger partial charge in [-0.15, -0.1) is 0 Å². The Labute approximate surface area is 149 Å². The fourth-order valence-corrected chi connectivity index (χ4v) is 4.50. The van der Waals surface area contributed by atoms with Crippen LogP contribution >= 0.6 is 0 Å². The van der Waals surface area contributed by atoms with Crippen LogP contribution in [0.5, 0.6) is 0 Å². The lowest BCUT2D eigenvalue weighted by Gasteiger charge is -2.51. The van der Waals surface area contributed by atoms with Crippen molar-refractivity contribution in [3.05, 3.63) is 0 Å². The standard InChI is InChI=1S/C19H38NO.BrH/c1-2-3-4-5-6-7-8-9-10-11-14-20-15-12-18(13-16-20)19(21)17-20;/h18-19,21H,2-17H2,1H3;1H/q+1;/p-1. The average molecular weight is 376 g/mol. The molecule has 132 valence electrons. The van der Waals surface area contributed by atoms with E-state index in [1.165, 1.54) is 101 Å². The zero-order chi connectivity index (χ0) is 15.0. The molecule has 2 nitrogen and oxygen atoms in total. The first kappa shape index (κ1) is 20.4. The predicted molar refractivity (Wildman–Crippen MR) is 90.3 cm³/mol. The number of quaternary nitrogens is 1. The minimum absolute atomic E-state index is 0. The second kappa shape index (κ2) is 11.0. The Morgan fingerprint density at radius 1 is 0.818 bits per heavy atom. The molecule has 3 fully saturated rings. The first-order valence-electron chi connectivity index (χ1n) is 9.79. The maximum absolute atomic E-state index is 10.1. The van der Waals surface area contributed by atoms with Crippen molar-refractivity contribution in [3.63, 3.8) is 0 Å². The summed E-state index contributed by atoms with van der Waals surface area (Å²) >= 11 is 0. The summed E-state index contributed by atoms with van der Waals surface area (Å²) in [4.78, 5) is 0. The molecule has 1 atom stereocenters. The normalized spacial score (nSPS) is 30.3. The quantitative estimate of drug-likeness (QED) is 0.428. The van der Waals surface area contributed by atoms with Gasteiger partial charge in [-0.2, -0.15) is 0 Å². The van der Waals surface area contributed by atoms with E-state index in [9.17, 15) is 5.11 Å². The summed E-state index contributed by atoms with van der Waals surface area (Å²) in [6.45, 7) is 7.37. The monoisotopic (exact) mass is 375 g/mol. The van der Waals surface area contributed by atoms with Crippen LogP contribution in [0, 0.1) is 5.92 Å². The summed E-state index contributed by atoms with van der Waals surface area (Å²) in [6.07, 6.45) is 16.8. The zero-order valence-electron chi connectivity index (χ0n) is 14.7. The highest BCUT2D eigenvalue weighted by molar-refractivity contribution is 4.79. The van der Waals surface area contributed by atoms with Crippen LogP contribution in [0.15, 0.2) is 0 Å². The summed E-state index contributed by atoms with van der Waals surface area (Å²) < 4.78 is 1.24. The van der Waals surface area contributed by atoms with E-state index in [1.54, 1.807) is 0 Å². The number of halogens is 1. The molecular weight excluding hydrogens is 338 g/mol. The smallest absolute Gasteiger partial charge is 0.106 e. The lowest BCUT2D eigenvalue weighted by molar-refractivity contribution is -0.946. The van der Waals surface area contributed by atoms with E-state index in [0.29, 0.717) is 5.92 Å². The van der Waals surface area contributed by atoms with Crippen LogP contribution in [0.4, 0.5) is 0 Å². The maximum Gasteiger partial charge on any atom is 0.106 e. The topological polar surface area (TPSA) is 20.2 Å². The minimum atomic E-state index is 0. The molecule has 0 saturated carbocycles. The van der Waals surface area contributed by atoms with Crippen molar-refractivity contribution in [1.29, 1.82) is 0 Å². The Hall–Kier alpha value is 0.400. The van der Waals surface area contributed by atoms with E-state index in [2.05, 4.69) is 6.92 Å². The third-order valence-corrected chi connectivity index (χ3v) is 6.05. The highest BCUT2D eigenvalue weighted by Crippen LogP contribution is 2.34. The molecule has 2 bridgehead atoms. The van der Waals surface area contributed by atoms with Crippen molar-refractivity contribution in [1.82, 2.24) is 0 Å². The number of aliphatic hydroxyl groups is 1. The molecule has 3 saturated heterocycles. The fraction of sp³-hybridized carbons (Fsp3) is 1.00. The van der Waals surface area contributed by atoms with Crippen LogP contribution in [-0.4, -0.2) is 41.9 Å². The van der Waals surface area contributed by atoms with Crippen molar-refractivity contribution in [2.45, 2.75) is 90.1 Å². The Bertz CT molecular complexity index is 277. The third-order valence-electron chi connectivity index (χ3n) is 6.05. The van der Waals surface area contributed by atoms with Crippen LogP contribution in [0.3, 0.4) is 0 Å². The summed E-state index contributed by atoms with van der Waals surface area (Å²) in [7, 11) is 0. The van der Waals surface area contributed by atoms with Crippen molar-refractivity contribution < 1.29 is 26.6 Å². The zero-order valence-corrected chi connectivity index (χ0v) is 16.3. The van der Waals surface area contributed by atoms with Gasteiger partial charge in [-0.05, 0) is 12.8 Å². The van der Waals surface area contributed by atoms with E-state index in [1.807, 2.05) is 0 Å². The molecule has 0 aromatic carbocycles. The van der Waals surface area contributed by atoms with Crippen molar-refractivity contribution in [2.24, 2.45) is 5.92 Å². The average Bonchev–Trinajstić information content (AvgIpc) is 2.50. The third kappa shape index (κ3) is 6.49. The largest absolute Gasteiger partial charge is 1.00 e. The maximum atomic E-state index is 10.1. The van der Waals surface area contributed by atoms with E-state index < -0.39 is 0 Å². The molecule has 0 aromatic heterocycles. The van der Waals surface area contributed by atoms with E-state index >= 15 is 0 Å². The van der Waals surface area contributed by atoms with Gasteiger partial charge < -0.3 is 26.6 Å². The fourth-order valence-electron chi connectivity index (χ4n) is 4.50. The number of rotatable bonds is 11. The second-order valence-electron chi connectivity index (χ2n) is 7.78. The minimum Gasteiger partial charge on any atom is -1.00 e. The molecule has 22 heavy (non-hydrogen) atoms. The van der Waals surface area contributed by atoms with Gasteiger partial charge in [-0.3, -0.25) is 0 Å². The van der Waals surface area contributed by atoms with Crippen molar-refractivity contribution in [2.75, 3.05) is 26.2 Å². The van der Waals surface area contributed by atoms with E-state index in [4.69, 9.17) is 0 Å². The molecule has 0 spiro atoms. The van der Waals surface area contributed by atoms with Gasteiger partial charge in [-0.1, -0.05) is 58.3 Å². The molecule has 1 N–H and O–H groups in total. The number of nitrogens with zero attached hydrogens (tertiary/aromatic N) is 1. The van der Waals surface area contributed by atoms with Crippen LogP contribution in [0.2, 0.25) is 0 Å². The van der Waals surface area contributed by atoms with Gasteiger partial charge in [0.2, 0.25) is 0 Å². The number of piperidine rings is 3. The number of unbranched alkanes of at least 4 members (excludes halogenated alkanes) is 9. The van der Waals surface area contributed by atoms with Gasteiger partial charge >= 0.3 is 0 Å². The van der Waals surface area contributed by atoms with Gasteiger partial charge in [0, 0.05) is 18.8 Å². The first-order valence-corrected chi connectivity index (χ1v) is 9.79. The molecule has 3 heteroatoms. The Morgan fingerprint density at radius 3 is 1.82 bits per heavy atom. The molecule has 3 aliphatic rings. The molecule has 3 aliphatic heterocycles. The molecule has 3 rings (SSSR count). The highest BCUT2D eigenvalue weighted by Gasteiger charge is 2.44. The summed E-state index contributed by atoms with van der Waals surface area (Å²) in [5.41, 5.74) is 0. The highest BCUT2D eigenvalue weighted by atomic mass is 79.9. The van der Waals surface area contributed by atoms with Crippen molar-refractivity contribution >= 4 is 0 Å². The predicted octanol–water partition coefficient (Wildman–Crippen LogP) is 1.51. The van der Waals surface area contributed by atoms with Crippen molar-refractivity contribution in [3.8, 4) is 0 Å². The molecule has 1 unspecified atom stereocenters. The second-order valence-corrected chi connectivity index (χ2v) is 7.78. The van der Waals surface area contributed by atoms with Gasteiger partial charge in [0.25, 0.3) is 0 Å². The Morgan fingerprint density at radius 2 is 1.32 bits per heavy atom. The van der Waals surface area contributed by atoms with Gasteiger partial charge in [0.15, 0.2) is 0 Å². The SMILES string of the molecule is CCCCCCCCCCCC[N+]12CCC(CC1)C(O)C2.[Br-]. The first-order chi connectivity index (χ1) is 10.3. The Balaban J connectivity index is 0.00000242. The van der Waals surface area contributed by atoms with Crippen LogP contribution in [-0.2, 0) is 0 Å². The summed E-state index contributed by atoms with van der Waals surface area (Å²) in [5, 5.41) is 10.1. The van der Waals surface area contributed by atoms with Gasteiger partial charge in [0.05, 0.1) is 19.6 Å². The van der Waals surface area contributed by atoms with E-state index in [0.717, 1.165) is 6.54 Å². The Kier molecular flexibility index (Phi) is 10.3. The van der Waals surface area contributed by atoms with Crippen LogP contribution in [0.25, 0.3) is 0 Å². The van der Waals surface area contributed by atoms with Gasteiger partial charge in [0.1, 0.15) is 12.6 Å². The molecule has 0 radical (unpaired) electrons. The number of hydrogen-bond acceptors (Lipinski definition) is 1. The van der Waals surface area contributed by atoms with Crippen LogP contribution in [0.1, 0.15) is 84.0 Å². The molecule has 0 amide bonds. The van der Waals surface area contributed by atoms with E-state index in [-0.39, 0.29) is 23.1 Å².